The highest BCUT2D eigenvalue weighted by atomic mass is 19.2. The van der Waals surface area contributed by atoms with Crippen molar-refractivity contribution in [3.63, 3.8) is 0 Å². The zero-order valence-corrected chi connectivity index (χ0v) is 9.73. The van der Waals surface area contributed by atoms with Crippen molar-refractivity contribution >= 4 is 0 Å². The van der Waals surface area contributed by atoms with Gasteiger partial charge in [0, 0.05) is 5.56 Å². The monoisotopic (exact) mass is 254 g/mol. The van der Waals surface area contributed by atoms with Gasteiger partial charge in [-0.2, -0.15) is 4.98 Å². The first-order valence-corrected chi connectivity index (χ1v) is 5.55. The summed E-state index contributed by atoms with van der Waals surface area (Å²) in [5.74, 6) is -1.54. The van der Waals surface area contributed by atoms with Crippen LogP contribution in [0.25, 0.3) is 0 Å². The fourth-order valence-electron chi connectivity index (χ4n) is 1.51. The van der Waals surface area contributed by atoms with Crippen LogP contribution >= 0.6 is 0 Å². The summed E-state index contributed by atoms with van der Waals surface area (Å²) in [5.41, 5.74) is 0.135. The third kappa shape index (κ3) is 2.53. The van der Waals surface area contributed by atoms with E-state index in [9.17, 15) is 13.9 Å². The summed E-state index contributed by atoms with van der Waals surface area (Å²) in [6.07, 6.45) is -0.361. The molecule has 1 heterocycles. The quantitative estimate of drug-likeness (QED) is 0.910. The van der Waals surface area contributed by atoms with Gasteiger partial charge in [-0.05, 0) is 12.5 Å². The lowest BCUT2D eigenvalue weighted by molar-refractivity contribution is 0.159. The van der Waals surface area contributed by atoms with Gasteiger partial charge in [0.1, 0.15) is 6.10 Å². The van der Waals surface area contributed by atoms with E-state index in [1.54, 1.807) is 6.92 Å². The van der Waals surface area contributed by atoms with Crippen LogP contribution in [0.4, 0.5) is 8.78 Å². The molecule has 1 aromatic heterocycles. The van der Waals surface area contributed by atoms with Crippen molar-refractivity contribution in [3.8, 4) is 0 Å². The summed E-state index contributed by atoms with van der Waals surface area (Å²) < 4.78 is 31.3. The first-order chi connectivity index (χ1) is 8.61. The van der Waals surface area contributed by atoms with Crippen molar-refractivity contribution < 1.29 is 18.4 Å². The summed E-state index contributed by atoms with van der Waals surface area (Å²) >= 11 is 0. The minimum Gasteiger partial charge on any atom is -0.385 e. The van der Waals surface area contributed by atoms with Gasteiger partial charge >= 0.3 is 0 Å². The molecule has 1 unspecified atom stereocenters. The molecule has 1 aromatic carbocycles. The van der Waals surface area contributed by atoms with Crippen LogP contribution in [-0.2, 0) is 6.42 Å². The fourth-order valence-corrected chi connectivity index (χ4v) is 1.51. The second kappa shape index (κ2) is 5.22. The van der Waals surface area contributed by atoms with Crippen molar-refractivity contribution in [2.24, 2.45) is 0 Å². The molecule has 0 radical (unpaired) electrons. The molecular weight excluding hydrogens is 242 g/mol. The van der Waals surface area contributed by atoms with Gasteiger partial charge in [0.25, 0.3) is 0 Å². The summed E-state index contributed by atoms with van der Waals surface area (Å²) in [4.78, 5) is 3.93. The van der Waals surface area contributed by atoms with Crippen molar-refractivity contribution in [1.29, 1.82) is 0 Å². The molecule has 0 bridgehead atoms. The van der Waals surface area contributed by atoms with Gasteiger partial charge in [-0.25, -0.2) is 8.78 Å². The number of aliphatic hydroxyl groups is 1. The molecule has 0 aliphatic carbocycles. The summed E-state index contributed by atoms with van der Waals surface area (Å²) in [5, 5.41) is 13.1. The van der Waals surface area contributed by atoms with E-state index in [-0.39, 0.29) is 23.7 Å². The van der Waals surface area contributed by atoms with Gasteiger partial charge in [0.05, 0.1) is 6.42 Å². The number of halogens is 2. The lowest BCUT2D eigenvalue weighted by Crippen LogP contribution is -1.99. The van der Waals surface area contributed by atoms with Crippen LogP contribution in [0, 0.1) is 11.6 Å². The Kier molecular flexibility index (Phi) is 3.66. The van der Waals surface area contributed by atoms with Crippen molar-refractivity contribution in [2.75, 3.05) is 0 Å². The number of hydrogen-bond acceptors (Lipinski definition) is 4. The Balaban J connectivity index is 2.19. The highest BCUT2D eigenvalue weighted by molar-refractivity contribution is 5.21. The maximum Gasteiger partial charge on any atom is 0.231 e. The highest BCUT2D eigenvalue weighted by Gasteiger charge is 2.16. The maximum atomic E-state index is 13.4. The number of aliphatic hydroxyl groups excluding tert-OH is 1. The summed E-state index contributed by atoms with van der Waals surface area (Å²) in [7, 11) is 0. The third-order valence-electron chi connectivity index (χ3n) is 2.54. The Morgan fingerprint density at radius 3 is 2.89 bits per heavy atom. The second-order valence-electron chi connectivity index (χ2n) is 3.86. The molecule has 0 saturated carbocycles. The van der Waals surface area contributed by atoms with Crippen LogP contribution in [-0.4, -0.2) is 15.2 Å². The van der Waals surface area contributed by atoms with E-state index in [0.29, 0.717) is 6.42 Å². The average molecular weight is 254 g/mol. The lowest BCUT2D eigenvalue weighted by Gasteiger charge is -2.00. The van der Waals surface area contributed by atoms with E-state index in [1.807, 2.05) is 0 Å². The highest BCUT2D eigenvalue weighted by Crippen LogP contribution is 2.17. The van der Waals surface area contributed by atoms with E-state index in [0.717, 1.165) is 6.07 Å². The van der Waals surface area contributed by atoms with Crippen LogP contribution in [0.2, 0.25) is 0 Å². The Hall–Kier alpha value is -1.82. The Morgan fingerprint density at radius 1 is 1.39 bits per heavy atom. The number of rotatable bonds is 4. The van der Waals surface area contributed by atoms with Crippen LogP contribution < -0.4 is 0 Å². The Labute approximate surface area is 102 Å². The minimum atomic E-state index is -0.923. The zero-order valence-electron chi connectivity index (χ0n) is 9.73. The van der Waals surface area contributed by atoms with Crippen molar-refractivity contribution in [1.82, 2.24) is 10.1 Å². The molecule has 0 spiro atoms. The van der Waals surface area contributed by atoms with Crippen LogP contribution in [0.15, 0.2) is 22.7 Å². The molecule has 4 nitrogen and oxygen atoms in total. The predicted molar refractivity (Wildman–Crippen MR) is 58.7 cm³/mol. The first kappa shape index (κ1) is 12.6. The van der Waals surface area contributed by atoms with Crippen LogP contribution in [0.1, 0.15) is 36.7 Å². The molecule has 0 amide bonds. The van der Waals surface area contributed by atoms with Crippen LogP contribution in [0.3, 0.4) is 0 Å². The zero-order chi connectivity index (χ0) is 13.1. The molecule has 0 saturated heterocycles. The van der Waals surface area contributed by atoms with Gasteiger partial charge in [0.2, 0.25) is 5.89 Å². The summed E-state index contributed by atoms with van der Waals surface area (Å²) in [6, 6.07) is 3.89. The fraction of sp³-hybridized carbons (Fsp3) is 0.333. The number of aromatic nitrogens is 2. The van der Waals surface area contributed by atoms with Gasteiger partial charge in [0.15, 0.2) is 17.5 Å². The first-order valence-electron chi connectivity index (χ1n) is 5.55. The molecule has 18 heavy (non-hydrogen) atoms. The second-order valence-corrected chi connectivity index (χ2v) is 3.86. The molecule has 6 heteroatoms. The van der Waals surface area contributed by atoms with E-state index < -0.39 is 17.7 Å². The Bertz CT molecular complexity index is 543. The molecule has 2 aromatic rings. The summed E-state index contributed by atoms with van der Waals surface area (Å²) in [6.45, 7) is 1.77. The minimum absolute atomic E-state index is 0.00692. The molecule has 0 fully saturated rings. The molecule has 1 N–H and O–H groups in total. The van der Waals surface area contributed by atoms with Gasteiger partial charge in [-0.1, -0.05) is 24.2 Å². The lowest BCUT2D eigenvalue weighted by atomic mass is 10.1. The number of benzene rings is 1. The molecular formula is C12H12F2N2O2. The predicted octanol–water partition coefficient (Wildman–Crippen LogP) is 2.38. The van der Waals surface area contributed by atoms with Crippen LogP contribution in [0.5, 0.6) is 0 Å². The van der Waals surface area contributed by atoms with E-state index in [2.05, 4.69) is 10.1 Å². The number of nitrogens with zero attached hydrogens (tertiary/aromatic N) is 2. The molecule has 96 valence electrons. The molecule has 0 aliphatic rings. The normalized spacial score (nSPS) is 12.7. The van der Waals surface area contributed by atoms with Gasteiger partial charge < -0.3 is 9.63 Å². The molecule has 0 aliphatic heterocycles. The van der Waals surface area contributed by atoms with Gasteiger partial charge in [-0.15, -0.1) is 0 Å². The maximum absolute atomic E-state index is 13.4. The Morgan fingerprint density at radius 2 is 2.17 bits per heavy atom. The standard InChI is InChI=1S/C12H12F2N2O2/c1-2-9(17)12-15-10(18-16-12)6-7-4-3-5-8(13)11(7)14/h3-5,9,17H,2,6H2,1H3. The van der Waals surface area contributed by atoms with Crippen molar-refractivity contribution in [2.45, 2.75) is 25.9 Å². The average Bonchev–Trinajstić information content (AvgIpc) is 2.82. The topological polar surface area (TPSA) is 59.2 Å². The van der Waals surface area contributed by atoms with E-state index in [4.69, 9.17) is 4.52 Å². The number of hydrogen-bond donors (Lipinski definition) is 1. The van der Waals surface area contributed by atoms with E-state index in [1.165, 1.54) is 12.1 Å². The molecule has 2 rings (SSSR count). The SMILES string of the molecule is CCC(O)c1noc(Cc2cccc(F)c2F)n1. The van der Waals surface area contributed by atoms with Crippen molar-refractivity contribution in [3.05, 3.63) is 47.1 Å². The third-order valence-corrected chi connectivity index (χ3v) is 2.54. The van der Waals surface area contributed by atoms with E-state index >= 15 is 0 Å². The smallest absolute Gasteiger partial charge is 0.231 e. The van der Waals surface area contributed by atoms with Gasteiger partial charge in [-0.3, -0.25) is 0 Å². The largest absolute Gasteiger partial charge is 0.385 e. The molecule has 1 atom stereocenters.